The van der Waals surface area contributed by atoms with Gasteiger partial charge in [0.15, 0.2) is 0 Å². The first-order valence-corrected chi connectivity index (χ1v) is 44.7. The number of rotatable bonds is 23. The van der Waals surface area contributed by atoms with Crippen molar-refractivity contribution in [2.45, 2.75) is 209 Å². The highest BCUT2D eigenvalue weighted by Crippen LogP contribution is 2.28. The zero-order chi connectivity index (χ0) is 93.9. The van der Waals surface area contributed by atoms with Gasteiger partial charge in [-0.25, -0.2) is 4.39 Å². The molecule has 3 aliphatic heterocycles. The smallest absolute Gasteiger partial charge is 0.305 e. The zero-order valence-corrected chi connectivity index (χ0v) is 74.7. The SMILES string of the molecule is CCCC[C@H]1C(=O)N2CCC[C@@H]2C(=O)N[C@@H](CC(=O)O)C(=O)N[C@@H](C(C)C)C(=O)N(C)[C@H](Cc2ccccc2)C(=O)N[C@@H](CCN)C(=O)N2CCC[C@@H]2C(=O)N[C@@H](Cc2c[nH]c3ccccc23)C(=O)N[C@@H](Cc2ccc(O)cc2)C(=O)N[C@H](CC(C)C)C(=O)N[C@H](C(=O)NCC(N)=O)CSCC(=O)N[C@H](Cc2ccc(F)cc2)C(=O)N(C)[C@@H](Cc2ccccc2)C(=O)N1C. The van der Waals surface area contributed by atoms with Crippen molar-refractivity contribution in [3.05, 3.63) is 173 Å². The van der Waals surface area contributed by atoms with E-state index >= 15 is 43.2 Å². The number of nitrogens with one attached hydrogen (secondary N) is 10. The van der Waals surface area contributed by atoms with Crippen molar-refractivity contribution >= 4 is 117 Å². The molecule has 3 fully saturated rings. The van der Waals surface area contributed by atoms with E-state index in [1.165, 1.54) is 72.2 Å². The summed E-state index contributed by atoms with van der Waals surface area (Å²) in [5, 5.41) is 45.6. The van der Waals surface area contributed by atoms with Gasteiger partial charge in [0, 0.05) is 89.2 Å². The number of aliphatic carboxylic acids is 1. The molecular formula is C92H120FN17O18S. The Morgan fingerprint density at radius 1 is 0.519 bits per heavy atom. The number of hydrogen-bond donors (Lipinski definition) is 14. The van der Waals surface area contributed by atoms with Gasteiger partial charge in [0.25, 0.3) is 0 Å². The molecule has 3 saturated heterocycles. The summed E-state index contributed by atoms with van der Waals surface area (Å²) in [6, 6.07) is 15.6. The van der Waals surface area contributed by atoms with Crippen LogP contribution >= 0.6 is 11.8 Å². The number of fused-ring (bicyclic) bond motifs is 3. The number of carboxylic acids is 1. The predicted octanol–water partition coefficient (Wildman–Crippen LogP) is 1.93. The lowest BCUT2D eigenvalue weighted by atomic mass is 9.98. The molecule has 3 aliphatic rings. The van der Waals surface area contributed by atoms with E-state index in [9.17, 15) is 48.2 Å². The quantitative estimate of drug-likeness (QED) is 0.0436. The molecule has 15 amide bonds. The maximum absolute atomic E-state index is 15.7. The number of likely N-dealkylation sites (N-methyl/N-ethyl adjacent to an activating group) is 3. The van der Waals surface area contributed by atoms with Crippen molar-refractivity contribution in [2.75, 3.05) is 58.8 Å². The average molecular weight is 1800 g/mol. The molecule has 0 saturated carbocycles. The summed E-state index contributed by atoms with van der Waals surface area (Å²) in [5.74, 6) is -17.6. The fraction of sp³-hybridized carbons (Fsp3) is 0.478. The van der Waals surface area contributed by atoms with Crippen molar-refractivity contribution < 1.29 is 91.3 Å². The molecule has 1 aromatic heterocycles. The highest BCUT2D eigenvalue weighted by Gasteiger charge is 2.46. The number of carbonyl (C=O) groups is 16. The van der Waals surface area contributed by atoms with E-state index in [4.69, 9.17) is 11.5 Å². The van der Waals surface area contributed by atoms with Crippen LogP contribution in [0.25, 0.3) is 10.9 Å². The zero-order valence-electron chi connectivity index (χ0n) is 73.9. The van der Waals surface area contributed by atoms with Gasteiger partial charge in [-0.1, -0.05) is 151 Å². The lowest BCUT2D eigenvalue weighted by Crippen LogP contribution is -2.62. The first-order valence-electron chi connectivity index (χ1n) is 43.6. The number of phenolic OH excluding ortho intramolecular Hbond substituents is 1. The van der Waals surface area contributed by atoms with Crippen molar-refractivity contribution in [3.63, 3.8) is 0 Å². The molecule has 9 rings (SSSR count). The predicted molar refractivity (Wildman–Crippen MR) is 478 cm³/mol. The van der Waals surface area contributed by atoms with Gasteiger partial charge in [-0.15, -0.1) is 11.8 Å². The number of unbranched alkanes of at least 4 members (excludes halogenated alkanes) is 1. The van der Waals surface area contributed by atoms with Crippen LogP contribution in [0.15, 0.2) is 140 Å². The van der Waals surface area contributed by atoms with Crippen LogP contribution in [0.4, 0.5) is 4.39 Å². The number of aromatic amines is 1. The highest BCUT2D eigenvalue weighted by atomic mass is 32.2. The summed E-state index contributed by atoms with van der Waals surface area (Å²) in [4.78, 5) is 246. The molecule has 37 heteroatoms. The van der Waals surface area contributed by atoms with Crippen molar-refractivity contribution in [1.29, 1.82) is 0 Å². The Bertz CT molecular complexity index is 4950. The number of hydrogen-bond acceptors (Lipinski definition) is 19. The number of benzene rings is 5. The van der Waals surface area contributed by atoms with Gasteiger partial charge in [-0.2, -0.15) is 0 Å². The van der Waals surface area contributed by atoms with Crippen LogP contribution in [0.5, 0.6) is 5.75 Å². The molecular weight excluding hydrogens is 1680 g/mol. The molecule has 0 aliphatic carbocycles. The van der Waals surface area contributed by atoms with Crippen LogP contribution in [0, 0.1) is 17.7 Å². The Balaban J connectivity index is 1.11. The van der Waals surface area contributed by atoms with Crippen LogP contribution < -0.4 is 59.3 Å². The number of thioether (sulfide) groups is 1. The number of halogens is 1. The van der Waals surface area contributed by atoms with Gasteiger partial charge in [-0.3, -0.25) is 76.7 Å². The standard InChI is InChI=1S/C92H120FN17O18S/c1-9-10-27-73-91(127)110-41-20-29-72(110)86(122)103-68(48-78(114)115)84(120)105-79(54(4)5)92(128)107(7)74(45-55-21-13-11-14-22-55)87(123)99-64(38-39-94)89(125)109-40-19-28-71(109)85(121)102-67(47-59-49-96-63-26-18-17-25-62(59)63)83(119)101-66(43-58-32-36-61(111)37-33-58)82(118)100-65(42-53(2)3)81(117)104-70(80(116)97-50-76(95)112)51-129-52-77(113)98-69(44-57-30-34-60(93)35-31-57)88(124)108(8)75(90(126)106(73)6)46-56-23-15-12-16-24-56/h11-18,21-26,30-37,49,53-54,64-75,79,96,111H,9-10,19-20,27-29,38-48,50-52,94H2,1-8H3,(H2,95,112)(H,97,116)(H,98,113)(H,99,123)(H,100,118)(H,101,119)(H,102,121)(H,103,122)(H,104,117)(H,105,120)(H,114,115)/t64-,65+,66-,67-,68-,69+,70-,71+,72+,73-,74+,75-,79-/m0/s1. The third kappa shape index (κ3) is 28.1. The minimum absolute atomic E-state index is 0.0154. The fourth-order valence-corrected chi connectivity index (χ4v) is 17.1. The maximum Gasteiger partial charge on any atom is 0.305 e. The molecule has 5 aromatic carbocycles. The van der Waals surface area contributed by atoms with Gasteiger partial charge >= 0.3 is 5.97 Å². The fourth-order valence-electron chi connectivity index (χ4n) is 16.3. The van der Waals surface area contributed by atoms with Gasteiger partial charge in [0.05, 0.1) is 18.7 Å². The Hall–Kier alpha value is -12.8. The maximum atomic E-state index is 15.7. The molecule has 6 aromatic rings. The third-order valence-corrected chi connectivity index (χ3v) is 24.4. The number of nitrogens with zero attached hydrogens (tertiary/aromatic N) is 5. The first-order chi connectivity index (χ1) is 61.5. The number of nitrogens with two attached hydrogens (primary N) is 2. The number of phenols is 1. The Labute approximate surface area is 752 Å². The van der Waals surface area contributed by atoms with Crippen molar-refractivity contribution in [1.82, 2.24) is 77.3 Å². The van der Waals surface area contributed by atoms with E-state index in [0.717, 1.165) is 33.7 Å². The minimum atomic E-state index is -1.89. The van der Waals surface area contributed by atoms with Crippen LogP contribution in [-0.2, 0) is 109 Å². The lowest BCUT2D eigenvalue weighted by Gasteiger charge is -2.38. The normalized spacial score (nSPS) is 24.0. The van der Waals surface area contributed by atoms with Gasteiger partial charge < -0.3 is 99.0 Å². The third-order valence-electron chi connectivity index (χ3n) is 23.3. The number of para-hydroxylation sites is 1. The molecule has 694 valence electrons. The van der Waals surface area contributed by atoms with E-state index in [1.54, 1.807) is 119 Å². The molecule has 16 N–H and O–H groups in total. The topological polar surface area (TPSA) is 506 Å². The number of H-pyrrole nitrogens is 1. The Morgan fingerprint density at radius 3 is 1.60 bits per heavy atom. The molecule has 4 heterocycles. The molecule has 0 bridgehead atoms. The summed E-state index contributed by atoms with van der Waals surface area (Å²) in [5.41, 5.74) is 14.8. The molecule has 0 spiro atoms. The van der Waals surface area contributed by atoms with E-state index < -0.39 is 209 Å². The minimum Gasteiger partial charge on any atom is -0.508 e. The number of aromatic nitrogens is 1. The van der Waals surface area contributed by atoms with Gasteiger partial charge in [0.2, 0.25) is 88.6 Å². The van der Waals surface area contributed by atoms with E-state index in [0.29, 0.717) is 51.6 Å². The Kier molecular flexibility index (Phi) is 37.1. The number of aromatic hydroxyl groups is 1. The van der Waals surface area contributed by atoms with Crippen molar-refractivity contribution in [2.24, 2.45) is 23.3 Å². The lowest BCUT2D eigenvalue weighted by molar-refractivity contribution is -0.152. The summed E-state index contributed by atoms with van der Waals surface area (Å²) in [6.07, 6.45) is 0.668. The summed E-state index contributed by atoms with van der Waals surface area (Å²) in [7, 11) is 4.02. The van der Waals surface area contributed by atoms with Crippen LogP contribution in [0.1, 0.15) is 127 Å². The van der Waals surface area contributed by atoms with Crippen molar-refractivity contribution in [3.8, 4) is 5.75 Å². The Morgan fingerprint density at radius 2 is 1.02 bits per heavy atom. The second kappa shape index (κ2) is 47.8. The summed E-state index contributed by atoms with van der Waals surface area (Å²) < 4.78 is 14.6. The summed E-state index contributed by atoms with van der Waals surface area (Å²) in [6.45, 7) is 7.56. The molecule has 13 atom stereocenters. The number of carbonyl (C=O) groups excluding carboxylic acids is 15. The summed E-state index contributed by atoms with van der Waals surface area (Å²) >= 11 is 0.797. The number of amides is 15. The number of primary amides is 1. The van der Waals surface area contributed by atoms with E-state index in [-0.39, 0.29) is 108 Å². The second-order valence-corrected chi connectivity index (χ2v) is 34.8. The van der Waals surface area contributed by atoms with Crippen LogP contribution in [-0.4, -0.2) is 272 Å². The highest BCUT2D eigenvalue weighted by molar-refractivity contribution is 8.00. The van der Waals surface area contributed by atoms with Gasteiger partial charge in [-0.05, 0) is 121 Å². The first kappa shape index (κ1) is 100.0. The molecule has 129 heavy (non-hydrogen) atoms. The second-order valence-electron chi connectivity index (χ2n) is 33.8. The molecule has 0 unspecified atom stereocenters. The van der Waals surface area contributed by atoms with E-state index in [1.807, 2.05) is 6.92 Å². The van der Waals surface area contributed by atoms with Crippen LogP contribution in [0.3, 0.4) is 0 Å². The monoisotopic (exact) mass is 1800 g/mol. The average Bonchev–Trinajstić information content (AvgIpc) is 1.74. The largest absolute Gasteiger partial charge is 0.508 e. The molecule has 0 radical (unpaired) electrons. The molecule has 35 nitrogen and oxygen atoms in total. The van der Waals surface area contributed by atoms with Gasteiger partial charge in [0.1, 0.15) is 90.1 Å². The van der Waals surface area contributed by atoms with E-state index in [2.05, 4.69) is 52.8 Å². The number of carboxylic acid groups (broad SMARTS) is 1. The van der Waals surface area contributed by atoms with Crippen LogP contribution in [0.2, 0.25) is 0 Å².